The molecule has 2 rings (SSSR count). The summed E-state index contributed by atoms with van der Waals surface area (Å²) >= 11 is 5.18. The van der Waals surface area contributed by atoms with Gasteiger partial charge in [0.15, 0.2) is 16.6 Å². The molecule has 0 saturated carbocycles. The Morgan fingerprint density at radius 2 is 1.71 bits per heavy atom. The number of hydrogen-bond acceptors (Lipinski definition) is 5. The zero-order chi connectivity index (χ0) is 15.6. The lowest BCUT2D eigenvalue weighted by Gasteiger charge is -2.19. The molecular weight excluding hydrogens is 292 g/mol. The fourth-order valence-corrected chi connectivity index (χ4v) is 2.53. The van der Waals surface area contributed by atoms with E-state index in [1.165, 1.54) is 4.90 Å². The van der Waals surface area contributed by atoms with Crippen molar-refractivity contribution in [3.05, 3.63) is 17.7 Å². The van der Waals surface area contributed by atoms with Crippen LogP contribution in [0.3, 0.4) is 0 Å². The van der Waals surface area contributed by atoms with Crippen molar-refractivity contribution in [2.24, 2.45) is 0 Å². The first-order chi connectivity index (χ1) is 10.0. The number of benzene rings is 1. The topological polar surface area (TPSA) is 60.0 Å². The Morgan fingerprint density at radius 1 is 1.14 bits per heavy atom. The molecule has 1 heterocycles. The van der Waals surface area contributed by atoms with E-state index in [-0.39, 0.29) is 11.9 Å². The van der Waals surface area contributed by atoms with Gasteiger partial charge in [-0.15, -0.1) is 0 Å². The lowest BCUT2D eigenvalue weighted by molar-refractivity contribution is -0.127. The van der Waals surface area contributed by atoms with Crippen molar-refractivity contribution in [2.75, 3.05) is 21.3 Å². The van der Waals surface area contributed by atoms with Crippen molar-refractivity contribution in [3.63, 3.8) is 0 Å². The average Bonchev–Trinajstić information content (AvgIpc) is 2.73. The van der Waals surface area contributed by atoms with E-state index in [4.69, 9.17) is 26.4 Å². The lowest BCUT2D eigenvalue weighted by Crippen LogP contribution is -2.30. The molecular formula is C14H18N2O4S. The number of nitrogens with one attached hydrogen (secondary N) is 1. The second-order valence-electron chi connectivity index (χ2n) is 4.61. The number of carbonyl (C=O) groups excluding carboxylic acids is 1. The number of thiocarbonyl (C=S) groups is 1. The molecule has 1 aliphatic rings. The van der Waals surface area contributed by atoms with Gasteiger partial charge in [-0.25, -0.2) is 0 Å². The van der Waals surface area contributed by atoms with E-state index < -0.39 is 0 Å². The summed E-state index contributed by atoms with van der Waals surface area (Å²) in [5, 5.41) is 3.36. The summed E-state index contributed by atoms with van der Waals surface area (Å²) in [6, 6.07) is 3.22. The van der Waals surface area contributed by atoms with Crippen LogP contribution in [0.4, 0.5) is 0 Å². The molecule has 1 saturated heterocycles. The quantitative estimate of drug-likeness (QED) is 0.828. The molecule has 1 fully saturated rings. The summed E-state index contributed by atoms with van der Waals surface area (Å²) in [5.41, 5.74) is 0.793. The van der Waals surface area contributed by atoms with Crippen LogP contribution >= 0.6 is 12.2 Å². The van der Waals surface area contributed by atoms with Gasteiger partial charge in [-0.1, -0.05) is 0 Å². The highest BCUT2D eigenvalue weighted by Gasteiger charge is 2.32. The van der Waals surface area contributed by atoms with Crippen molar-refractivity contribution in [1.29, 1.82) is 0 Å². The monoisotopic (exact) mass is 310 g/mol. The Hall–Kier alpha value is -2.02. The molecule has 7 heteroatoms. The normalized spacial score (nSPS) is 17.7. The highest BCUT2D eigenvalue weighted by molar-refractivity contribution is 7.80. The molecule has 0 spiro atoms. The van der Waals surface area contributed by atoms with Crippen molar-refractivity contribution >= 4 is 23.2 Å². The average molecular weight is 310 g/mol. The minimum absolute atomic E-state index is 0.0585. The van der Waals surface area contributed by atoms with Crippen LogP contribution in [0.2, 0.25) is 0 Å². The molecule has 1 aromatic rings. The molecule has 21 heavy (non-hydrogen) atoms. The van der Waals surface area contributed by atoms with E-state index in [2.05, 4.69) is 5.32 Å². The molecule has 1 atom stereocenters. The third kappa shape index (κ3) is 2.87. The maximum Gasteiger partial charge on any atom is 0.251 e. The van der Waals surface area contributed by atoms with E-state index in [0.29, 0.717) is 28.9 Å². The van der Waals surface area contributed by atoms with Gasteiger partial charge in [0.25, 0.3) is 5.91 Å². The molecule has 0 radical (unpaired) electrons. The van der Waals surface area contributed by atoms with Gasteiger partial charge in [0, 0.05) is 11.6 Å². The summed E-state index contributed by atoms with van der Waals surface area (Å²) in [7, 11) is 4.68. The first-order valence-corrected chi connectivity index (χ1v) is 6.83. The number of carbonyl (C=O) groups is 1. The van der Waals surface area contributed by atoms with Crippen LogP contribution in [0.15, 0.2) is 12.1 Å². The fourth-order valence-electron chi connectivity index (χ4n) is 2.19. The van der Waals surface area contributed by atoms with Crippen LogP contribution in [-0.2, 0) is 11.3 Å². The van der Waals surface area contributed by atoms with Crippen LogP contribution in [0, 0.1) is 0 Å². The van der Waals surface area contributed by atoms with Gasteiger partial charge in [-0.2, -0.15) is 0 Å². The SMILES string of the molecule is COc1cc(OC)c(OC)cc1CN1C(=O)[C@@H](C)NC1=S. The zero-order valence-electron chi connectivity index (χ0n) is 12.4. The summed E-state index contributed by atoms with van der Waals surface area (Å²) in [5.74, 6) is 1.70. The molecule has 1 aliphatic heterocycles. The molecule has 0 aromatic heterocycles. The molecule has 0 unspecified atom stereocenters. The van der Waals surface area contributed by atoms with Crippen LogP contribution in [0.1, 0.15) is 12.5 Å². The number of hydrogen-bond donors (Lipinski definition) is 1. The van der Waals surface area contributed by atoms with Gasteiger partial charge in [0.2, 0.25) is 0 Å². The van der Waals surface area contributed by atoms with Crippen LogP contribution in [-0.4, -0.2) is 43.3 Å². The van der Waals surface area contributed by atoms with Crippen molar-refractivity contribution in [3.8, 4) is 17.2 Å². The fraction of sp³-hybridized carbons (Fsp3) is 0.429. The van der Waals surface area contributed by atoms with Crippen molar-refractivity contribution in [2.45, 2.75) is 19.5 Å². The summed E-state index contributed by atoms with van der Waals surface area (Å²) in [4.78, 5) is 13.6. The summed E-state index contributed by atoms with van der Waals surface area (Å²) < 4.78 is 15.9. The predicted molar refractivity (Wildman–Crippen MR) is 81.8 cm³/mol. The maximum atomic E-state index is 12.1. The van der Waals surface area contributed by atoms with Gasteiger partial charge >= 0.3 is 0 Å². The first kappa shape index (κ1) is 15.4. The molecule has 0 bridgehead atoms. The van der Waals surface area contributed by atoms with Crippen LogP contribution in [0.5, 0.6) is 17.2 Å². The third-order valence-electron chi connectivity index (χ3n) is 3.34. The molecule has 1 N–H and O–H groups in total. The summed E-state index contributed by atoms with van der Waals surface area (Å²) in [6.45, 7) is 2.10. The minimum Gasteiger partial charge on any atom is -0.496 e. The zero-order valence-corrected chi connectivity index (χ0v) is 13.2. The lowest BCUT2D eigenvalue weighted by atomic mass is 10.1. The van der Waals surface area contributed by atoms with E-state index in [0.717, 1.165) is 5.56 Å². The highest BCUT2D eigenvalue weighted by Crippen LogP contribution is 2.35. The van der Waals surface area contributed by atoms with E-state index >= 15 is 0 Å². The van der Waals surface area contributed by atoms with Crippen molar-refractivity contribution in [1.82, 2.24) is 10.2 Å². The van der Waals surface area contributed by atoms with Gasteiger partial charge in [0.05, 0.1) is 27.9 Å². The standard InChI is InChI=1S/C14H18N2O4S/c1-8-13(17)16(14(21)15-8)7-9-5-11(19-3)12(20-4)6-10(9)18-2/h5-6,8H,7H2,1-4H3,(H,15,21)/t8-/m1/s1. The Kier molecular flexibility index (Phi) is 4.52. The minimum atomic E-state index is -0.302. The van der Waals surface area contributed by atoms with Crippen LogP contribution < -0.4 is 19.5 Å². The number of amides is 1. The Bertz CT molecular complexity index is 576. The largest absolute Gasteiger partial charge is 0.496 e. The smallest absolute Gasteiger partial charge is 0.251 e. The molecule has 1 aromatic carbocycles. The Balaban J connectivity index is 2.35. The first-order valence-electron chi connectivity index (χ1n) is 6.42. The van der Waals surface area contributed by atoms with Gasteiger partial charge in [0.1, 0.15) is 11.8 Å². The number of rotatable bonds is 5. The second-order valence-corrected chi connectivity index (χ2v) is 5.00. The number of methoxy groups -OCH3 is 3. The van der Waals surface area contributed by atoms with Crippen molar-refractivity contribution < 1.29 is 19.0 Å². The van der Waals surface area contributed by atoms with Gasteiger partial charge < -0.3 is 19.5 Å². The van der Waals surface area contributed by atoms with E-state index in [9.17, 15) is 4.79 Å². The molecule has 114 valence electrons. The molecule has 6 nitrogen and oxygen atoms in total. The molecule has 1 amide bonds. The van der Waals surface area contributed by atoms with Gasteiger partial charge in [-0.05, 0) is 25.2 Å². The van der Waals surface area contributed by atoms with Gasteiger partial charge in [-0.3, -0.25) is 9.69 Å². The third-order valence-corrected chi connectivity index (χ3v) is 3.67. The predicted octanol–water partition coefficient (Wildman–Crippen LogP) is 1.32. The van der Waals surface area contributed by atoms with E-state index in [1.807, 2.05) is 0 Å². The highest BCUT2D eigenvalue weighted by atomic mass is 32.1. The maximum absolute atomic E-state index is 12.1. The summed E-state index contributed by atoms with van der Waals surface area (Å²) in [6.07, 6.45) is 0. The Labute approximate surface area is 129 Å². The number of ether oxygens (including phenoxy) is 3. The second kappa shape index (κ2) is 6.17. The van der Waals surface area contributed by atoms with Crippen LogP contribution in [0.25, 0.3) is 0 Å². The Morgan fingerprint density at radius 3 is 2.19 bits per heavy atom. The molecule has 0 aliphatic carbocycles. The van der Waals surface area contributed by atoms with E-state index in [1.54, 1.807) is 40.4 Å². The number of nitrogens with zero attached hydrogens (tertiary/aromatic N) is 1.